The van der Waals surface area contributed by atoms with Gasteiger partial charge in [0.05, 0.1) is 6.61 Å². The van der Waals surface area contributed by atoms with Crippen LogP contribution in [0.25, 0.3) is 0 Å². The Bertz CT molecular complexity index is 397. The van der Waals surface area contributed by atoms with Crippen LogP contribution >= 0.6 is 11.6 Å². The largest absolute Gasteiger partial charge is 0.493 e. The third-order valence-corrected chi connectivity index (χ3v) is 3.83. The van der Waals surface area contributed by atoms with E-state index in [1.165, 1.54) is 24.8 Å². The zero-order chi connectivity index (χ0) is 11.7. The van der Waals surface area contributed by atoms with Gasteiger partial charge in [-0.3, -0.25) is 0 Å². The van der Waals surface area contributed by atoms with Crippen LogP contribution in [0, 0.1) is 5.92 Å². The molecule has 1 saturated heterocycles. The van der Waals surface area contributed by atoms with E-state index in [0.29, 0.717) is 5.92 Å². The molecule has 17 heavy (non-hydrogen) atoms. The number of hydrogen-bond donors (Lipinski definition) is 1. The second-order valence-corrected chi connectivity index (χ2v) is 5.60. The van der Waals surface area contributed by atoms with E-state index in [0.717, 1.165) is 36.4 Å². The van der Waals surface area contributed by atoms with Crippen molar-refractivity contribution in [3.63, 3.8) is 0 Å². The number of ether oxygens (including phenoxy) is 1. The molecule has 0 spiro atoms. The van der Waals surface area contributed by atoms with Gasteiger partial charge in [0.25, 0.3) is 0 Å². The number of halogens is 1. The van der Waals surface area contributed by atoms with Crippen LogP contribution in [-0.2, 0) is 0 Å². The summed E-state index contributed by atoms with van der Waals surface area (Å²) in [6.45, 7) is 3.01. The average molecular weight is 252 g/mol. The average Bonchev–Trinajstić information content (AvgIpc) is 2.98. The lowest BCUT2D eigenvalue weighted by Crippen LogP contribution is -2.08. The van der Waals surface area contributed by atoms with Gasteiger partial charge in [-0.25, -0.2) is 0 Å². The summed E-state index contributed by atoms with van der Waals surface area (Å²) in [5, 5.41) is 4.18. The first kappa shape index (κ1) is 11.4. The number of hydrogen-bond acceptors (Lipinski definition) is 2. The molecular formula is C14H18ClNO. The Balaban J connectivity index is 1.73. The molecule has 1 aliphatic heterocycles. The third-order valence-electron chi connectivity index (χ3n) is 3.61. The lowest BCUT2D eigenvalue weighted by molar-refractivity contribution is 0.299. The second-order valence-electron chi connectivity index (χ2n) is 5.16. The highest BCUT2D eigenvalue weighted by Gasteiger charge is 2.22. The fourth-order valence-electron chi connectivity index (χ4n) is 2.34. The van der Waals surface area contributed by atoms with Crippen molar-refractivity contribution in [1.29, 1.82) is 0 Å². The van der Waals surface area contributed by atoms with Crippen molar-refractivity contribution in [2.75, 3.05) is 19.7 Å². The van der Waals surface area contributed by atoms with Crippen LogP contribution in [0.5, 0.6) is 5.75 Å². The van der Waals surface area contributed by atoms with Crippen LogP contribution in [0.2, 0.25) is 5.02 Å². The highest BCUT2D eigenvalue weighted by Crippen LogP contribution is 2.32. The number of benzene rings is 1. The fourth-order valence-corrected chi connectivity index (χ4v) is 2.57. The first-order valence-corrected chi connectivity index (χ1v) is 6.83. The summed E-state index contributed by atoms with van der Waals surface area (Å²) in [5.74, 6) is 2.31. The quantitative estimate of drug-likeness (QED) is 0.887. The van der Waals surface area contributed by atoms with Gasteiger partial charge in [-0.2, -0.15) is 0 Å². The fraction of sp³-hybridized carbons (Fsp3) is 0.571. The Hall–Kier alpha value is -0.730. The van der Waals surface area contributed by atoms with Crippen LogP contribution in [-0.4, -0.2) is 19.7 Å². The minimum atomic E-state index is 0.594. The zero-order valence-corrected chi connectivity index (χ0v) is 10.7. The second kappa shape index (κ2) is 4.87. The Kier molecular flexibility index (Phi) is 3.26. The minimum absolute atomic E-state index is 0.594. The van der Waals surface area contributed by atoms with E-state index in [4.69, 9.17) is 16.3 Å². The van der Waals surface area contributed by atoms with Crippen molar-refractivity contribution in [2.24, 2.45) is 5.92 Å². The van der Waals surface area contributed by atoms with E-state index in [2.05, 4.69) is 17.4 Å². The number of nitrogens with one attached hydrogen (secondary N) is 1. The Morgan fingerprint density at radius 3 is 2.82 bits per heavy atom. The van der Waals surface area contributed by atoms with Crippen molar-refractivity contribution in [3.8, 4) is 5.75 Å². The molecule has 1 aromatic carbocycles. The molecule has 0 amide bonds. The molecule has 2 fully saturated rings. The van der Waals surface area contributed by atoms with Crippen molar-refractivity contribution >= 4 is 11.6 Å². The Labute approximate surface area is 107 Å². The molecule has 1 aliphatic carbocycles. The molecule has 0 aromatic heterocycles. The van der Waals surface area contributed by atoms with Gasteiger partial charge >= 0.3 is 0 Å². The third kappa shape index (κ3) is 2.93. The van der Waals surface area contributed by atoms with Gasteiger partial charge in [0.15, 0.2) is 0 Å². The molecule has 1 aromatic rings. The molecule has 1 heterocycles. The first-order valence-electron chi connectivity index (χ1n) is 6.45. The smallest absolute Gasteiger partial charge is 0.121 e. The van der Waals surface area contributed by atoms with Crippen LogP contribution in [0.15, 0.2) is 18.2 Å². The summed E-state index contributed by atoms with van der Waals surface area (Å²) in [4.78, 5) is 0. The number of rotatable bonds is 4. The van der Waals surface area contributed by atoms with Gasteiger partial charge in [-0.15, -0.1) is 0 Å². The van der Waals surface area contributed by atoms with Gasteiger partial charge in [0.1, 0.15) is 5.75 Å². The first-order chi connectivity index (χ1) is 8.31. The standard InChI is InChI=1S/C14H18ClNO/c15-13-5-12(11-3-4-16-8-11)6-14(7-13)17-9-10-1-2-10/h5-7,10-11,16H,1-4,8-9H2. The maximum atomic E-state index is 6.16. The highest BCUT2D eigenvalue weighted by atomic mass is 35.5. The minimum Gasteiger partial charge on any atom is -0.493 e. The summed E-state index contributed by atoms with van der Waals surface area (Å²) in [6, 6.07) is 6.16. The maximum Gasteiger partial charge on any atom is 0.121 e. The van der Waals surface area contributed by atoms with Crippen LogP contribution in [0.4, 0.5) is 0 Å². The van der Waals surface area contributed by atoms with E-state index < -0.39 is 0 Å². The van der Waals surface area contributed by atoms with Crippen molar-refractivity contribution < 1.29 is 4.74 Å². The predicted molar refractivity (Wildman–Crippen MR) is 69.9 cm³/mol. The highest BCUT2D eigenvalue weighted by molar-refractivity contribution is 6.30. The maximum absolute atomic E-state index is 6.16. The van der Waals surface area contributed by atoms with Gasteiger partial charge < -0.3 is 10.1 Å². The lowest BCUT2D eigenvalue weighted by Gasteiger charge is -2.12. The van der Waals surface area contributed by atoms with E-state index in [-0.39, 0.29) is 0 Å². The summed E-state index contributed by atoms with van der Waals surface area (Å²) in [5.41, 5.74) is 1.31. The van der Waals surface area contributed by atoms with Gasteiger partial charge in [-0.1, -0.05) is 11.6 Å². The molecule has 1 unspecified atom stereocenters. The van der Waals surface area contributed by atoms with E-state index in [1.807, 2.05) is 6.07 Å². The summed E-state index contributed by atoms with van der Waals surface area (Å²) in [6.07, 6.45) is 3.84. The topological polar surface area (TPSA) is 21.3 Å². The summed E-state index contributed by atoms with van der Waals surface area (Å²) < 4.78 is 5.81. The van der Waals surface area contributed by atoms with E-state index in [1.54, 1.807) is 0 Å². The van der Waals surface area contributed by atoms with Crippen molar-refractivity contribution in [3.05, 3.63) is 28.8 Å². The predicted octanol–water partition coefficient (Wildman–Crippen LogP) is 3.21. The molecule has 92 valence electrons. The Morgan fingerprint density at radius 2 is 2.12 bits per heavy atom. The molecule has 0 radical (unpaired) electrons. The lowest BCUT2D eigenvalue weighted by atomic mass is 9.98. The molecule has 1 saturated carbocycles. The molecule has 0 bridgehead atoms. The molecule has 2 aliphatic rings. The van der Waals surface area contributed by atoms with Crippen LogP contribution < -0.4 is 10.1 Å². The van der Waals surface area contributed by atoms with Gasteiger partial charge in [0, 0.05) is 11.6 Å². The summed E-state index contributed by atoms with van der Waals surface area (Å²) >= 11 is 6.16. The molecule has 1 atom stereocenters. The molecular weight excluding hydrogens is 234 g/mol. The van der Waals surface area contributed by atoms with Crippen molar-refractivity contribution in [1.82, 2.24) is 5.32 Å². The van der Waals surface area contributed by atoms with Gasteiger partial charge in [-0.05, 0) is 61.4 Å². The molecule has 2 nitrogen and oxygen atoms in total. The van der Waals surface area contributed by atoms with Crippen molar-refractivity contribution in [2.45, 2.75) is 25.2 Å². The monoisotopic (exact) mass is 251 g/mol. The normalized spacial score (nSPS) is 23.9. The summed E-state index contributed by atoms with van der Waals surface area (Å²) in [7, 11) is 0. The molecule has 1 N–H and O–H groups in total. The Morgan fingerprint density at radius 1 is 1.24 bits per heavy atom. The van der Waals surface area contributed by atoms with Crippen LogP contribution in [0.1, 0.15) is 30.7 Å². The molecule has 3 rings (SSSR count). The van der Waals surface area contributed by atoms with E-state index in [9.17, 15) is 0 Å². The van der Waals surface area contributed by atoms with Gasteiger partial charge in [0.2, 0.25) is 0 Å². The van der Waals surface area contributed by atoms with Crippen LogP contribution in [0.3, 0.4) is 0 Å². The molecule has 3 heteroatoms. The van der Waals surface area contributed by atoms with E-state index >= 15 is 0 Å². The zero-order valence-electron chi connectivity index (χ0n) is 9.92. The SMILES string of the molecule is Clc1cc(OCC2CC2)cc(C2CCNC2)c1.